The Kier molecular flexibility index (Phi) is 6.41. The fourth-order valence-corrected chi connectivity index (χ4v) is 1.63. The van der Waals surface area contributed by atoms with Crippen molar-refractivity contribution in [3.63, 3.8) is 0 Å². The Morgan fingerprint density at radius 2 is 2.21 bits per heavy atom. The average Bonchev–Trinajstić information content (AvgIpc) is 2.39. The summed E-state index contributed by atoms with van der Waals surface area (Å²) in [4.78, 5) is 11.0. The van der Waals surface area contributed by atoms with Crippen molar-refractivity contribution in [2.24, 2.45) is 5.73 Å². The molecule has 0 fully saturated rings. The SMILES string of the molecule is COCC(CNCc1cc(C(N)=O)ccc1F)OC. The van der Waals surface area contributed by atoms with Crippen LogP contribution in [0.1, 0.15) is 15.9 Å². The van der Waals surface area contributed by atoms with Crippen molar-refractivity contribution in [2.45, 2.75) is 12.6 Å². The van der Waals surface area contributed by atoms with Gasteiger partial charge in [0.1, 0.15) is 5.82 Å². The van der Waals surface area contributed by atoms with E-state index in [1.807, 2.05) is 0 Å². The first-order valence-electron chi connectivity index (χ1n) is 5.89. The molecule has 0 heterocycles. The molecule has 1 aromatic carbocycles. The van der Waals surface area contributed by atoms with Crippen LogP contribution in [0.3, 0.4) is 0 Å². The van der Waals surface area contributed by atoms with E-state index in [2.05, 4.69) is 5.32 Å². The number of rotatable bonds is 8. The standard InChI is InChI=1S/C13H19FN2O3/c1-18-8-11(19-2)7-16-6-10-5-9(13(15)17)3-4-12(10)14/h3-5,11,16H,6-8H2,1-2H3,(H2,15,17). The van der Waals surface area contributed by atoms with Crippen LogP contribution in [0.25, 0.3) is 0 Å². The third kappa shape index (κ3) is 4.94. The maximum absolute atomic E-state index is 13.5. The summed E-state index contributed by atoms with van der Waals surface area (Å²) < 4.78 is 23.7. The van der Waals surface area contributed by atoms with Gasteiger partial charge in [0.15, 0.2) is 0 Å². The molecule has 3 N–H and O–H groups in total. The molecule has 0 aromatic heterocycles. The minimum atomic E-state index is -0.574. The van der Waals surface area contributed by atoms with E-state index in [4.69, 9.17) is 15.2 Å². The lowest BCUT2D eigenvalue weighted by atomic mass is 10.1. The first kappa shape index (κ1) is 15.6. The lowest BCUT2D eigenvalue weighted by Gasteiger charge is -2.15. The third-order valence-corrected chi connectivity index (χ3v) is 2.70. The Morgan fingerprint density at radius 1 is 1.47 bits per heavy atom. The Labute approximate surface area is 111 Å². The predicted molar refractivity (Wildman–Crippen MR) is 69.3 cm³/mol. The van der Waals surface area contributed by atoms with Gasteiger partial charge in [0.05, 0.1) is 12.7 Å². The summed E-state index contributed by atoms with van der Waals surface area (Å²) in [5, 5.41) is 3.05. The van der Waals surface area contributed by atoms with Gasteiger partial charge in [-0.25, -0.2) is 4.39 Å². The van der Waals surface area contributed by atoms with E-state index in [9.17, 15) is 9.18 Å². The lowest BCUT2D eigenvalue weighted by Crippen LogP contribution is -2.31. The van der Waals surface area contributed by atoms with Crippen molar-refractivity contribution in [2.75, 3.05) is 27.4 Å². The van der Waals surface area contributed by atoms with Crippen molar-refractivity contribution < 1.29 is 18.7 Å². The van der Waals surface area contributed by atoms with Crippen LogP contribution in [0, 0.1) is 5.82 Å². The molecule has 0 aliphatic carbocycles. The van der Waals surface area contributed by atoms with E-state index in [0.29, 0.717) is 24.3 Å². The highest BCUT2D eigenvalue weighted by Crippen LogP contribution is 2.10. The predicted octanol–water partition coefficient (Wildman–Crippen LogP) is 0.676. The molecule has 1 rings (SSSR count). The number of carbonyl (C=O) groups excluding carboxylic acids is 1. The number of benzene rings is 1. The molecule has 0 spiro atoms. The van der Waals surface area contributed by atoms with Crippen molar-refractivity contribution in [1.82, 2.24) is 5.32 Å². The highest BCUT2D eigenvalue weighted by atomic mass is 19.1. The molecule has 1 amide bonds. The van der Waals surface area contributed by atoms with Gasteiger partial charge in [0, 0.05) is 38.4 Å². The molecule has 106 valence electrons. The molecule has 0 saturated heterocycles. The van der Waals surface area contributed by atoms with E-state index >= 15 is 0 Å². The zero-order valence-corrected chi connectivity index (χ0v) is 11.1. The van der Waals surface area contributed by atoms with Crippen LogP contribution in [0.15, 0.2) is 18.2 Å². The lowest BCUT2D eigenvalue weighted by molar-refractivity contribution is 0.0287. The fraction of sp³-hybridized carbons (Fsp3) is 0.462. The highest BCUT2D eigenvalue weighted by molar-refractivity contribution is 5.92. The number of nitrogens with one attached hydrogen (secondary N) is 1. The third-order valence-electron chi connectivity index (χ3n) is 2.70. The van der Waals surface area contributed by atoms with E-state index in [1.54, 1.807) is 14.2 Å². The molecule has 0 radical (unpaired) electrons. The second-order valence-corrected chi connectivity index (χ2v) is 4.11. The molecule has 1 atom stereocenters. The van der Waals surface area contributed by atoms with Crippen LogP contribution in [0.5, 0.6) is 0 Å². The molecule has 0 aliphatic rings. The van der Waals surface area contributed by atoms with Crippen molar-refractivity contribution in [3.8, 4) is 0 Å². The zero-order valence-electron chi connectivity index (χ0n) is 11.1. The van der Waals surface area contributed by atoms with E-state index in [1.165, 1.54) is 18.2 Å². The maximum Gasteiger partial charge on any atom is 0.248 e. The van der Waals surface area contributed by atoms with Crippen LogP contribution in [0.2, 0.25) is 0 Å². The average molecular weight is 270 g/mol. The molecule has 0 bridgehead atoms. The topological polar surface area (TPSA) is 73.6 Å². The number of carbonyl (C=O) groups is 1. The number of halogens is 1. The monoisotopic (exact) mass is 270 g/mol. The Bertz CT molecular complexity index is 426. The summed E-state index contributed by atoms with van der Waals surface area (Å²) in [7, 11) is 3.17. The number of nitrogens with two attached hydrogens (primary N) is 1. The second kappa shape index (κ2) is 7.83. The van der Waals surface area contributed by atoms with Crippen molar-refractivity contribution >= 4 is 5.91 Å². The van der Waals surface area contributed by atoms with Crippen molar-refractivity contribution in [3.05, 3.63) is 35.1 Å². The van der Waals surface area contributed by atoms with E-state index in [0.717, 1.165) is 0 Å². The summed E-state index contributed by atoms with van der Waals surface area (Å²) >= 11 is 0. The molecule has 1 unspecified atom stereocenters. The summed E-state index contributed by atoms with van der Waals surface area (Å²) in [6.07, 6.45) is -0.104. The highest BCUT2D eigenvalue weighted by Gasteiger charge is 2.09. The minimum absolute atomic E-state index is 0.104. The van der Waals surface area contributed by atoms with Gasteiger partial charge in [-0.2, -0.15) is 0 Å². The smallest absolute Gasteiger partial charge is 0.248 e. The van der Waals surface area contributed by atoms with Gasteiger partial charge in [-0.05, 0) is 18.2 Å². The summed E-state index contributed by atoms with van der Waals surface area (Å²) in [6, 6.07) is 4.05. The summed E-state index contributed by atoms with van der Waals surface area (Å²) in [5.74, 6) is -0.950. The second-order valence-electron chi connectivity index (χ2n) is 4.11. The van der Waals surface area contributed by atoms with Crippen LogP contribution >= 0.6 is 0 Å². The van der Waals surface area contributed by atoms with E-state index < -0.39 is 5.91 Å². The minimum Gasteiger partial charge on any atom is -0.382 e. The zero-order chi connectivity index (χ0) is 14.3. The summed E-state index contributed by atoms with van der Waals surface area (Å²) in [5.41, 5.74) is 5.83. The first-order chi connectivity index (χ1) is 9.08. The van der Waals surface area contributed by atoms with Gasteiger partial charge < -0.3 is 20.5 Å². The molecular weight excluding hydrogens is 251 g/mol. The largest absolute Gasteiger partial charge is 0.382 e. The van der Waals surface area contributed by atoms with Gasteiger partial charge in [0.2, 0.25) is 5.91 Å². The Hall–Kier alpha value is -1.50. The van der Waals surface area contributed by atoms with Gasteiger partial charge in [-0.15, -0.1) is 0 Å². The number of amides is 1. The normalized spacial score (nSPS) is 12.4. The van der Waals surface area contributed by atoms with Gasteiger partial charge in [-0.1, -0.05) is 0 Å². The first-order valence-corrected chi connectivity index (χ1v) is 5.89. The van der Waals surface area contributed by atoms with Crippen molar-refractivity contribution in [1.29, 1.82) is 0 Å². The maximum atomic E-state index is 13.5. The van der Waals surface area contributed by atoms with Crippen LogP contribution in [-0.4, -0.2) is 39.4 Å². The molecule has 19 heavy (non-hydrogen) atoms. The van der Waals surface area contributed by atoms with Crippen LogP contribution in [0.4, 0.5) is 4.39 Å². The quantitative estimate of drug-likeness (QED) is 0.728. The summed E-state index contributed by atoms with van der Waals surface area (Å²) in [6.45, 7) is 1.26. The fourth-order valence-electron chi connectivity index (χ4n) is 1.63. The molecular formula is C13H19FN2O3. The number of primary amides is 1. The molecule has 0 aliphatic heterocycles. The molecule has 0 saturated carbocycles. The Balaban J connectivity index is 2.57. The molecule has 6 heteroatoms. The van der Waals surface area contributed by atoms with Gasteiger partial charge in [0.25, 0.3) is 0 Å². The van der Waals surface area contributed by atoms with Crippen LogP contribution < -0.4 is 11.1 Å². The number of hydrogen-bond acceptors (Lipinski definition) is 4. The van der Waals surface area contributed by atoms with Gasteiger partial charge in [-0.3, -0.25) is 4.79 Å². The van der Waals surface area contributed by atoms with E-state index in [-0.39, 0.29) is 18.5 Å². The number of ether oxygens (including phenoxy) is 2. The number of hydrogen-bond donors (Lipinski definition) is 2. The van der Waals surface area contributed by atoms with Gasteiger partial charge >= 0.3 is 0 Å². The molecule has 5 nitrogen and oxygen atoms in total. The molecule has 1 aromatic rings. The van der Waals surface area contributed by atoms with Crippen LogP contribution in [-0.2, 0) is 16.0 Å². The Morgan fingerprint density at radius 3 is 2.79 bits per heavy atom. The number of methoxy groups -OCH3 is 2.